The van der Waals surface area contributed by atoms with Gasteiger partial charge in [-0.1, -0.05) is 24.6 Å². The molecule has 0 atom stereocenters. The summed E-state index contributed by atoms with van der Waals surface area (Å²) in [6.07, 6.45) is 0.505. The van der Waals surface area contributed by atoms with E-state index in [4.69, 9.17) is 16.7 Å². The second-order valence-corrected chi connectivity index (χ2v) is 7.57. The fraction of sp³-hybridized carbons (Fsp3) is 0.231. The third-order valence-corrected chi connectivity index (χ3v) is 5.18. The summed E-state index contributed by atoms with van der Waals surface area (Å²) >= 11 is 6.37. The number of carboxylic acid groups (broad SMARTS) is 1. The fourth-order valence-corrected chi connectivity index (χ4v) is 3.35. The van der Waals surface area contributed by atoms with Crippen molar-refractivity contribution in [3.05, 3.63) is 33.7 Å². The van der Waals surface area contributed by atoms with Crippen LogP contribution in [0.15, 0.2) is 18.2 Å². The molecule has 0 aliphatic carbocycles. The summed E-state index contributed by atoms with van der Waals surface area (Å²) in [6, 6.07) is 4.68. The Kier molecular flexibility index (Phi) is 5.30. The van der Waals surface area contributed by atoms with E-state index in [2.05, 4.69) is 9.17 Å². The highest BCUT2D eigenvalue weighted by Gasteiger charge is 2.49. The Labute approximate surface area is 149 Å². The highest BCUT2D eigenvalue weighted by Crippen LogP contribution is 2.37. The van der Waals surface area contributed by atoms with Gasteiger partial charge < -0.3 is 9.29 Å². The Morgan fingerprint density at radius 2 is 2.04 bits per heavy atom. The van der Waals surface area contributed by atoms with E-state index in [-0.39, 0.29) is 5.01 Å². The van der Waals surface area contributed by atoms with Crippen LogP contribution in [0, 0.1) is 0 Å². The first-order chi connectivity index (χ1) is 11.5. The summed E-state index contributed by atoms with van der Waals surface area (Å²) in [5.41, 5.74) is -4.64. The summed E-state index contributed by atoms with van der Waals surface area (Å²) in [4.78, 5) is 14.1. The lowest BCUT2D eigenvalue weighted by molar-refractivity contribution is -0.0501. The lowest BCUT2D eigenvalue weighted by atomic mass is 10.1. The van der Waals surface area contributed by atoms with Gasteiger partial charge in [0, 0.05) is 10.6 Å². The first kappa shape index (κ1) is 19.5. The standard InChI is InChI=1S/C13H9ClF3NO5S2/c1-2-6-3-4-7(14)5-8(6)11-18-10(9(24-11)12(19)20)23-25(21,22)13(15,16)17/h3-5H,2H2,1H3,(H,19,20). The first-order valence-corrected chi connectivity index (χ1v) is 9.10. The molecule has 2 rings (SSSR count). The number of carboxylic acids is 1. The second kappa shape index (κ2) is 6.81. The molecule has 25 heavy (non-hydrogen) atoms. The van der Waals surface area contributed by atoms with Gasteiger partial charge in [0.25, 0.3) is 5.88 Å². The van der Waals surface area contributed by atoms with Crippen molar-refractivity contribution in [3.8, 4) is 16.5 Å². The lowest BCUT2D eigenvalue weighted by Gasteiger charge is -2.07. The van der Waals surface area contributed by atoms with Crippen LogP contribution in [0.1, 0.15) is 22.2 Å². The van der Waals surface area contributed by atoms with Crippen molar-refractivity contribution in [2.75, 3.05) is 0 Å². The van der Waals surface area contributed by atoms with Gasteiger partial charge in [0.1, 0.15) is 5.01 Å². The molecule has 0 radical (unpaired) electrons. The largest absolute Gasteiger partial charge is 0.534 e. The summed E-state index contributed by atoms with van der Waals surface area (Å²) in [7, 11) is -6.04. The van der Waals surface area contributed by atoms with Crippen LogP contribution in [0.4, 0.5) is 13.2 Å². The molecule has 0 spiro atoms. The lowest BCUT2D eigenvalue weighted by Crippen LogP contribution is -2.28. The number of aromatic carboxylic acids is 1. The number of aromatic nitrogens is 1. The van der Waals surface area contributed by atoms with Crippen LogP contribution in [-0.4, -0.2) is 30.0 Å². The van der Waals surface area contributed by atoms with Gasteiger partial charge in [0.15, 0.2) is 4.88 Å². The van der Waals surface area contributed by atoms with Crippen LogP contribution in [0.25, 0.3) is 10.6 Å². The van der Waals surface area contributed by atoms with E-state index in [1.807, 2.05) is 0 Å². The van der Waals surface area contributed by atoms with E-state index in [1.54, 1.807) is 19.1 Å². The van der Waals surface area contributed by atoms with Crippen molar-refractivity contribution in [3.63, 3.8) is 0 Å². The van der Waals surface area contributed by atoms with Gasteiger partial charge in [-0.15, -0.1) is 11.3 Å². The minimum atomic E-state index is -6.04. The molecule has 1 heterocycles. The monoisotopic (exact) mass is 415 g/mol. The van der Waals surface area contributed by atoms with E-state index < -0.39 is 32.4 Å². The molecule has 0 amide bonds. The summed E-state index contributed by atoms with van der Waals surface area (Å²) in [5, 5.41) is 9.37. The third-order valence-electron chi connectivity index (χ3n) is 2.95. The average Bonchev–Trinajstić information content (AvgIpc) is 2.89. The number of nitrogens with zero attached hydrogens (tertiary/aromatic N) is 1. The van der Waals surface area contributed by atoms with Crippen LogP contribution in [0.3, 0.4) is 0 Å². The van der Waals surface area contributed by atoms with Gasteiger partial charge in [0.2, 0.25) is 0 Å². The number of benzene rings is 1. The molecule has 0 unspecified atom stereocenters. The molecule has 0 saturated heterocycles. The topological polar surface area (TPSA) is 93.6 Å². The Morgan fingerprint density at radius 3 is 2.56 bits per heavy atom. The van der Waals surface area contributed by atoms with E-state index in [0.29, 0.717) is 33.9 Å². The number of thiazole rings is 1. The molecule has 0 bridgehead atoms. The minimum absolute atomic E-state index is 0.0240. The molecular formula is C13H9ClF3NO5S2. The van der Waals surface area contributed by atoms with E-state index in [9.17, 15) is 26.4 Å². The molecule has 0 fully saturated rings. The Bertz CT molecular complexity index is 924. The highest BCUT2D eigenvalue weighted by molar-refractivity contribution is 7.88. The number of carbonyl (C=O) groups is 1. The van der Waals surface area contributed by atoms with Gasteiger partial charge >= 0.3 is 21.6 Å². The van der Waals surface area contributed by atoms with Gasteiger partial charge in [0.05, 0.1) is 0 Å². The van der Waals surface area contributed by atoms with Crippen LogP contribution in [0.2, 0.25) is 5.02 Å². The zero-order valence-corrected chi connectivity index (χ0v) is 14.7. The molecule has 1 N–H and O–H groups in total. The predicted octanol–water partition coefficient (Wildman–Crippen LogP) is 3.95. The van der Waals surface area contributed by atoms with E-state index in [0.717, 1.165) is 0 Å². The van der Waals surface area contributed by atoms with Gasteiger partial charge in [-0.3, -0.25) is 0 Å². The zero-order chi connectivity index (χ0) is 19.0. The van der Waals surface area contributed by atoms with Crippen molar-refractivity contribution < 1.29 is 35.7 Å². The SMILES string of the molecule is CCc1ccc(Cl)cc1-c1nc(OS(=O)(=O)C(F)(F)F)c(C(=O)O)s1. The van der Waals surface area contributed by atoms with Crippen LogP contribution >= 0.6 is 22.9 Å². The summed E-state index contributed by atoms with van der Waals surface area (Å²) < 4.78 is 63.5. The number of rotatable bonds is 5. The normalized spacial score (nSPS) is 12.2. The predicted molar refractivity (Wildman–Crippen MR) is 84.5 cm³/mol. The molecule has 0 aliphatic rings. The van der Waals surface area contributed by atoms with Gasteiger partial charge in [-0.05, 0) is 24.1 Å². The molecule has 0 aliphatic heterocycles. The molecular weight excluding hydrogens is 407 g/mol. The average molecular weight is 416 g/mol. The molecule has 1 aromatic heterocycles. The number of halogens is 4. The van der Waals surface area contributed by atoms with E-state index >= 15 is 0 Å². The highest BCUT2D eigenvalue weighted by atomic mass is 35.5. The molecule has 12 heteroatoms. The first-order valence-electron chi connectivity index (χ1n) is 6.50. The van der Waals surface area contributed by atoms with Crippen molar-refractivity contribution in [1.29, 1.82) is 0 Å². The third kappa shape index (κ3) is 4.05. The number of hydrogen-bond acceptors (Lipinski definition) is 6. The maximum Gasteiger partial charge on any atom is 0.534 e. The maximum atomic E-state index is 12.5. The van der Waals surface area contributed by atoms with Crippen molar-refractivity contribution in [2.45, 2.75) is 18.9 Å². The number of hydrogen-bond donors (Lipinski definition) is 1. The number of alkyl halides is 3. The van der Waals surface area contributed by atoms with Gasteiger partial charge in [-0.2, -0.15) is 26.6 Å². The van der Waals surface area contributed by atoms with Crippen LogP contribution in [-0.2, 0) is 16.5 Å². The smallest absolute Gasteiger partial charge is 0.477 e. The van der Waals surface area contributed by atoms with Crippen molar-refractivity contribution in [2.24, 2.45) is 0 Å². The van der Waals surface area contributed by atoms with Crippen LogP contribution < -0.4 is 4.18 Å². The van der Waals surface area contributed by atoms with Gasteiger partial charge in [-0.25, -0.2) is 4.79 Å². The maximum absolute atomic E-state index is 12.5. The molecule has 2 aromatic rings. The van der Waals surface area contributed by atoms with Crippen molar-refractivity contribution >= 4 is 39.0 Å². The van der Waals surface area contributed by atoms with Crippen molar-refractivity contribution in [1.82, 2.24) is 4.98 Å². The Hall–Kier alpha value is -1.85. The molecule has 1 aromatic carbocycles. The summed E-state index contributed by atoms with van der Waals surface area (Å²) in [6.45, 7) is 1.80. The van der Waals surface area contributed by atoms with E-state index in [1.165, 1.54) is 6.07 Å². The second-order valence-electron chi connectivity index (χ2n) is 4.60. The number of aryl methyl sites for hydroxylation is 1. The minimum Gasteiger partial charge on any atom is -0.477 e. The molecule has 6 nitrogen and oxygen atoms in total. The fourth-order valence-electron chi connectivity index (χ4n) is 1.82. The zero-order valence-electron chi connectivity index (χ0n) is 12.3. The quantitative estimate of drug-likeness (QED) is 0.587. The van der Waals surface area contributed by atoms with Crippen LogP contribution in [0.5, 0.6) is 5.88 Å². The Balaban J connectivity index is 2.59. The summed E-state index contributed by atoms with van der Waals surface area (Å²) in [5.74, 6) is -2.82. The Morgan fingerprint density at radius 1 is 1.40 bits per heavy atom. The molecule has 0 saturated carbocycles. The molecule has 136 valence electrons.